The standard InChI is InChI=1S/C21H25N3O4S/c1-29(26,27)23-17-4-8-19(9-5-17)28-18-6-2-16(3-7-18)21(25)22-20-14-24-12-10-15(20)11-13-24/h2-9,15,20,23H,10-14H2,1H3,(H,22,25). The Morgan fingerprint density at radius 3 is 2.10 bits per heavy atom. The summed E-state index contributed by atoms with van der Waals surface area (Å²) in [6.45, 7) is 3.24. The molecule has 1 unspecified atom stereocenters. The van der Waals surface area contributed by atoms with Gasteiger partial charge in [0.25, 0.3) is 5.91 Å². The lowest BCUT2D eigenvalue weighted by molar-refractivity contribution is 0.0620. The summed E-state index contributed by atoms with van der Waals surface area (Å²) in [5.41, 5.74) is 1.08. The normalized spacial score (nSPS) is 23.4. The Bertz CT molecular complexity index is 966. The first-order valence-electron chi connectivity index (χ1n) is 9.75. The molecule has 3 aliphatic heterocycles. The van der Waals surface area contributed by atoms with Crippen LogP contribution in [0.5, 0.6) is 11.5 Å². The minimum atomic E-state index is -3.31. The van der Waals surface area contributed by atoms with Crippen LogP contribution in [-0.2, 0) is 10.0 Å². The van der Waals surface area contributed by atoms with Crippen LogP contribution in [0.15, 0.2) is 48.5 Å². The number of nitrogens with one attached hydrogen (secondary N) is 2. The molecule has 2 aromatic rings. The molecule has 3 fully saturated rings. The molecule has 2 bridgehead atoms. The molecule has 154 valence electrons. The quantitative estimate of drug-likeness (QED) is 0.757. The van der Waals surface area contributed by atoms with E-state index in [0.29, 0.717) is 28.7 Å². The Morgan fingerprint density at radius 1 is 1.00 bits per heavy atom. The molecule has 0 saturated carbocycles. The molecule has 1 amide bonds. The van der Waals surface area contributed by atoms with E-state index < -0.39 is 10.0 Å². The molecule has 7 nitrogen and oxygen atoms in total. The van der Waals surface area contributed by atoms with Gasteiger partial charge in [-0.05, 0) is 80.4 Å². The van der Waals surface area contributed by atoms with Crippen molar-refractivity contribution >= 4 is 21.6 Å². The Labute approximate surface area is 171 Å². The summed E-state index contributed by atoms with van der Waals surface area (Å²) in [5.74, 6) is 1.72. The van der Waals surface area contributed by atoms with E-state index in [1.165, 1.54) is 0 Å². The summed E-state index contributed by atoms with van der Waals surface area (Å²) in [7, 11) is -3.31. The van der Waals surface area contributed by atoms with Gasteiger partial charge in [0, 0.05) is 23.8 Å². The van der Waals surface area contributed by atoms with Gasteiger partial charge in [-0.1, -0.05) is 0 Å². The van der Waals surface area contributed by atoms with Crippen molar-refractivity contribution in [3.63, 3.8) is 0 Å². The molecule has 8 heteroatoms. The molecule has 2 aromatic carbocycles. The number of anilines is 1. The fourth-order valence-electron chi connectivity index (χ4n) is 4.00. The number of ether oxygens (including phenoxy) is 1. The van der Waals surface area contributed by atoms with E-state index in [-0.39, 0.29) is 11.9 Å². The predicted molar refractivity (Wildman–Crippen MR) is 112 cm³/mol. The average Bonchev–Trinajstić information content (AvgIpc) is 2.70. The zero-order valence-corrected chi connectivity index (χ0v) is 17.1. The number of sulfonamides is 1. The van der Waals surface area contributed by atoms with Gasteiger partial charge in [0.2, 0.25) is 10.0 Å². The van der Waals surface area contributed by atoms with Gasteiger partial charge in [0.15, 0.2) is 0 Å². The fraction of sp³-hybridized carbons (Fsp3) is 0.381. The van der Waals surface area contributed by atoms with E-state index >= 15 is 0 Å². The molecule has 1 atom stereocenters. The number of carbonyl (C=O) groups excluding carboxylic acids is 1. The minimum Gasteiger partial charge on any atom is -0.457 e. The third kappa shape index (κ3) is 5.07. The molecular formula is C21H25N3O4S. The molecule has 0 aliphatic carbocycles. The molecule has 0 aromatic heterocycles. The average molecular weight is 416 g/mol. The zero-order valence-electron chi connectivity index (χ0n) is 16.3. The van der Waals surface area contributed by atoms with Crippen molar-refractivity contribution in [2.75, 3.05) is 30.6 Å². The maximum absolute atomic E-state index is 12.6. The number of nitrogens with zero attached hydrogens (tertiary/aromatic N) is 1. The number of carbonyl (C=O) groups is 1. The van der Waals surface area contributed by atoms with Gasteiger partial charge >= 0.3 is 0 Å². The van der Waals surface area contributed by atoms with Gasteiger partial charge in [-0.15, -0.1) is 0 Å². The van der Waals surface area contributed by atoms with Crippen LogP contribution in [0.1, 0.15) is 23.2 Å². The van der Waals surface area contributed by atoms with Crippen molar-refractivity contribution in [3.8, 4) is 11.5 Å². The Balaban J connectivity index is 1.34. The SMILES string of the molecule is CS(=O)(=O)Nc1ccc(Oc2ccc(C(=O)NC3CN4CCC3CC4)cc2)cc1. The lowest BCUT2D eigenvalue weighted by atomic mass is 9.84. The molecule has 3 saturated heterocycles. The van der Waals surface area contributed by atoms with Gasteiger partial charge in [0.1, 0.15) is 11.5 Å². The van der Waals surface area contributed by atoms with Gasteiger partial charge < -0.3 is 15.0 Å². The highest BCUT2D eigenvalue weighted by Gasteiger charge is 2.34. The first kappa shape index (κ1) is 19.7. The molecular weight excluding hydrogens is 390 g/mol. The van der Waals surface area contributed by atoms with E-state index in [1.54, 1.807) is 48.5 Å². The summed E-state index contributed by atoms with van der Waals surface area (Å²) in [5, 5.41) is 3.18. The Morgan fingerprint density at radius 2 is 1.59 bits per heavy atom. The number of fused-ring (bicyclic) bond motifs is 3. The van der Waals surface area contributed by atoms with Crippen LogP contribution in [0, 0.1) is 5.92 Å². The van der Waals surface area contributed by atoms with Crippen molar-refractivity contribution in [3.05, 3.63) is 54.1 Å². The summed E-state index contributed by atoms with van der Waals surface area (Å²) in [6.07, 6.45) is 3.43. The molecule has 5 rings (SSSR count). The first-order chi connectivity index (χ1) is 13.9. The fourth-order valence-corrected chi connectivity index (χ4v) is 4.56. The van der Waals surface area contributed by atoms with Crippen LogP contribution >= 0.6 is 0 Å². The highest BCUT2D eigenvalue weighted by molar-refractivity contribution is 7.92. The highest BCUT2D eigenvalue weighted by atomic mass is 32.2. The van der Waals surface area contributed by atoms with Crippen LogP contribution in [-0.4, -0.2) is 51.2 Å². The van der Waals surface area contributed by atoms with Gasteiger partial charge in [-0.2, -0.15) is 0 Å². The predicted octanol–water partition coefficient (Wildman–Crippen LogP) is 2.67. The van der Waals surface area contributed by atoms with E-state index in [9.17, 15) is 13.2 Å². The molecule has 0 radical (unpaired) electrons. The lowest BCUT2D eigenvalue weighted by Gasteiger charge is -2.44. The number of hydrogen-bond donors (Lipinski definition) is 2. The number of hydrogen-bond acceptors (Lipinski definition) is 5. The number of amides is 1. The summed E-state index contributed by atoms with van der Waals surface area (Å²) in [4.78, 5) is 15.0. The van der Waals surface area contributed by atoms with Crippen molar-refractivity contribution < 1.29 is 17.9 Å². The molecule has 0 spiro atoms. The molecule has 3 heterocycles. The Hall–Kier alpha value is -2.58. The second-order valence-electron chi connectivity index (χ2n) is 7.74. The van der Waals surface area contributed by atoms with E-state index in [2.05, 4.69) is 14.9 Å². The van der Waals surface area contributed by atoms with Gasteiger partial charge in [0.05, 0.1) is 6.26 Å². The highest BCUT2D eigenvalue weighted by Crippen LogP contribution is 2.28. The van der Waals surface area contributed by atoms with Crippen molar-refractivity contribution in [1.82, 2.24) is 10.2 Å². The second-order valence-corrected chi connectivity index (χ2v) is 9.49. The molecule has 3 aliphatic rings. The van der Waals surface area contributed by atoms with Gasteiger partial charge in [-0.3, -0.25) is 9.52 Å². The van der Waals surface area contributed by atoms with Gasteiger partial charge in [-0.25, -0.2) is 8.42 Å². The van der Waals surface area contributed by atoms with Crippen molar-refractivity contribution in [2.45, 2.75) is 18.9 Å². The van der Waals surface area contributed by atoms with Crippen LogP contribution in [0.4, 0.5) is 5.69 Å². The molecule has 29 heavy (non-hydrogen) atoms. The largest absolute Gasteiger partial charge is 0.457 e. The summed E-state index contributed by atoms with van der Waals surface area (Å²) < 4.78 is 30.7. The van der Waals surface area contributed by atoms with Crippen molar-refractivity contribution in [1.29, 1.82) is 0 Å². The zero-order chi connectivity index (χ0) is 20.4. The lowest BCUT2D eigenvalue weighted by Crippen LogP contribution is -2.57. The maximum atomic E-state index is 12.6. The second kappa shape index (κ2) is 8.04. The van der Waals surface area contributed by atoms with Crippen molar-refractivity contribution in [2.24, 2.45) is 5.92 Å². The number of benzene rings is 2. The topological polar surface area (TPSA) is 87.7 Å². The first-order valence-corrected chi connectivity index (χ1v) is 11.6. The van der Waals surface area contributed by atoms with Crippen LogP contribution in [0.25, 0.3) is 0 Å². The number of piperidine rings is 3. The Kier molecular flexibility index (Phi) is 5.47. The smallest absolute Gasteiger partial charge is 0.251 e. The summed E-state index contributed by atoms with van der Waals surface area (Å²) in [6, 6.07) is 13.9. The van der Waals surface area contributed by atoms with E-state index in [4.69, 9.17) is 4.74 Å². The molecule has 2 N–H and O–H groups in total. The minimum absolute atomic E-state index is 0.0495. The third-order valence-corrected chi connectivity index (χ3v) is 6.09. The van der Waals surface area contributed by atoms with Crippen LogP contribution < -0.4 is 14.8 Å². The summed E-state index contributed by atoms with van der Waals surface area (Å²) >= 11 is 0. The maximum Gasteiger partial charge on any atom is 0.251 e. The monoisotopic (exact) mass is 415 g/mol. The van der Waals surface area contributed by atoms with Crippen LogP contribution in [0.3, 0.4) is 0 Å². The van der Waals surface area contributed by atoms with E-state index in [1.807, 2.05) is 0 Å². The number of rotatable bonds is 6. The van der Waals surface area contributed by atoms with E-state index in [0.717, 1.165) is 38.7 Å². The third-order valence-electron chi connectivity index (χ3n) is 5.48. The van der Waals surface area contributed by atoms with Crippen LogP contribution in [0.2, 0.25) is 0 Å².